The van der Waals surface area contributed by atoms with E-state index < -0.39 is 11.7 Å². The fourth-order valence-corrected chi connectivity index (χ4v) is 2.25. The highest BCUT2D eigenvalue weighted by atomic mass is 19.1. The second-order valence-corrected chi connectivity index (χ2v) is 5.17. The lowest BCUT2D eigenvalue weighted by atomic mass is 9.98. The normalized spacial score (nSPS) is 10.6. The quantitative estimate of drug-likeness (QED) is 0.800. The predicted octanol–water partition coefficient (Wildman–Crippen LogP) is 3.74. The molecule has 0 saturated carbocycles. The third-order valence-electron chi connectivity index (χ3n) is 3.46. The average molecular weight is 311 g/mol. The Balaban J connectivity index is 1.99. The Morgan fingerprint density at radius 3 is 2.70 bits per heavy atom. The van der Waals surface area contributed by atoms with Crippen LogP contribution in [0.15, 0.2) is 47.3 Å². The van der Waals surface area contributed by atoms with Crippen molar-refractivity contribution in [2.75, 3.05) is 5.32 Å². The Bertz CT molecular complexity index is 843. The van der Waals surface area contributed by atoms with Crippen LogP contribution in [0.3, 0.4) is 0 Å². The standard InChI is InChI=1S/C17H14FN3O2/c1-10-7-15(18)14(17(22)20-16-5-6-23-21-16)8-13(10)12-4-3-11(2)19-9-12/h3-9H,1-2H3,(H,20,21,22). The number of hydrogen-bond donors (Lipinski definition) is 1. The number of rotatable bonds is 3. The molecule has 1 amide bonds. The van der Waals surface area contributed by atoms with Gasteiger partial charge in [0.2, 0.25) is 0 Å². The number of halogens is 1. The summed E-state index contributed by atoms with van der Waals surface area (Å²) in [6, 6.07) is 8.10. The van der Waals surface area contributed by atoms with Gasteiger partial charge in [-0.3, -0.25) is 9.78 Å². The molecule has 0 spiro atoms. The van der Waals surface area contributed by atoms with E-state index in [0.29, 0.717) is 0 Å². The maximum Gasteiger partial charge on any atom is 0.259 e. The molecule has 3 rings (SSSR count). The summed E-state index contributed by atoms with van der Waals surface area (Å²) in [5, 5.41) is 6.07. The molecule has 5 nitrogen and oxygen atoms in total. The number of carbonyl (C=O) groups excluding carboxylic acids is 1. The van der Waals surface area contributed by atoms with Gasteiger partial charge in [-0.05, 0) is 43.2 Å². The zero-order valence-corrected chi connectivity index (χ0v) is 12.6. The molecule has 0 fully saturated rings. The molecule has 0 aliphatic carbocycles. The van der Waals surface area contributed by atoms with E-state index in [-0.39, 0.29) is 11.4 Å². The molecule has 0 atom stereocenters. The fourth-order valence-electron chi connectivity index (χ4n) is 2.25. The van der Waals surface area contributed by atoms with Gasteiger partial charge in [-0.15, -0.1) is 0 Å². The second-order valence-electron chi connectivity index (χ2n) is 5.17. The Kier molecular flexibility index (Phi) is 3.89. The Hall–Kier alpha value is -3.02. The smallest absolute Gasteiger partial charge is 0.259 e. The molecule has 23 heavy (non-hydrogen) atoms. The van der Waals surface area contributed by atoms with E-state index in [9.17, 15) is 9.18 Å². The maximum absolute atomic E-state index is 14.2. The zero-order valence-electron chi connectivity index (χ0n) is 12.6. The van der Waals surface area contributed by atoms with Gasteiger partial charge in [-0.2, -0.15) is 0 Å². The van der Waals surface area contributed by atoms with Crippen LogP contribution >= 0.6 is 0 Å². The molecular weight excluding hydrogens is 297 g/mol. The van der Waals surface area contributed by atoms with E-state index in [1.54, 1.807) is 13.1 Å². The lowest BCUT2D eigenvalue weighted by Gasteiger charge is -2.10. The number of aromatic nitrogens is 2. The van der Waals surface area contributed by atoms with Crippen LogP contribution in [0, 0.1) is 19.7 Å². The molecule has 3 aromatic rings. The van der Waals surface area contributed by atoms with Crippen molar-refractivity contribution in [1.82, 2.24) is 10.1 Å². The van der Waals surface area contributed by atoms with Crippen LogP contribution < -0.4 is 5.32 Å². The van der Waals surface area contributed by atoms with Crippen LogP contribution in [0.4, 0.5) is 10.2 Å². The third kappa shape index (κ3) is 3.11. The number of hydrogen-bond acceptors (Lipinski definition) is 4. The molecule has 0 radical (unpaired) electrons. The van der Waals surface area contributed by atoms with Crippen LogP contribution in [0.2, 0.25) is 0 Å². The largest absolute Gasteiger partial charge is 0.363 e. The minimum Gasteiger partial charge on any atom is -0.363 e. The molecule has 0 aliphatic rings. The van der Waals surface area contributed by atoms with E-state index in [0.717, 1.165) is 22.4 Å². The Morgan fingerprint density at radius 1 is 1.22 bits per heavy atom. The summed E-state index contributed by atoms with van der Waals surface area (Å²) in [5.41, 5.74) is 3.13. The molecule has 0 unspecified atom stereocenters. The first kappa shape index (κ1) is 14.9. The molecule has 2 heterocycles. The molecule has 1 N–H and O–H groups in total. The highest BCUT2D eigenvalue weighted by Crippen LogP contribution is 2.26. The molecule has 2 aromatic heterocycles. The van der Waals surface area contributed by atoms with Crippen LogP contribution in [0.25, 0.3) is 11.1 Å². The average Bonchev–Trinajstić information content (AvgIpc) is 3.01. The summed E-state index contributed by atoms with van der Waals surface area (Å²) in [6.07, 6.45) is 3.03. The third-order valence-corrected chi connectivity index (χ3v) is 3.46. The van der Waals surface area contributed by atoms with Crippen molar-refractivity contribution in [3.63, 3.8) is 0 Å². The summed E-state index contributed by atoms with van der Waals surface area (Å²) in [7, 11) is 0. The molecule has 0 bridgehead atoms. The minimum absolute atomic E-state index is 0.0609. The molecule has 116 valence electrons. The van der Waals surface area contributed by atoms with E-state index in [4.69, 9.17) is 0 Å². The van der Waals surface area contributed by atoms with Crippen molar-refractivity contribution in [2.24, 2.45) is 0 Å². The number of aryl methyl sites for hydroxylation is 2. The summed E-state index contributed by atoms with van der Waals surface area (Å²) < 4.78 is 18.8. The lowest BCUT2D eigenvalue weighted by molar-refractivity contribution is 0.102. The first-order chi connectivity index (χ1) is 11.0. The highest BCUT2D eigenvalue weighted by Gasteiger charge is 2.16. The van der Waals surface area contributed by atoms with E-state index >= 15 is 0 Å². The number of benzene rings is 1. The van der Waals surface area contributed by atoms with Gasteiger partial charge in [0.25, 0.3) is 5.91 Å². The summed E-state index contributed by atoms with van der Waals surface area (Å²) in [5.74, 6) is -0.946. The van der Waals surface area contributed by atoms with Crippen LogP contribution in [-0.4, -0.2) is 16.0 Å². The summed E-state index contributed by atoms with van der Waals surface area (Å²) >= 11 is 0. The van der Waals surface area contributed by atoms with E-state index in [1.165, 1.54) is 24.5 Å². The predicted molar refractivity (Wildman–Crippen MR) is 83.6 cm³/mol. The molecule has 0 saturated heterocycles. The maximum atomic E-state index is 14.2. The zero-order chi connectivity index (χ0) is 16.4. The Labute approximate surface area is 132 Å². The number of pyridine rings is 1. The monoisotopic (exact) mass is 311 g/mol. The first-order valence-electron chi connectivity index (χ1n) is 6.99. The number of anilines is 1. The Morgan fingerprint density at radius 2 is 2.04 bits per heavy atom. The van der Waals surface area contributed by atoms with Crippen molar-refractivity contribution >= 4 is 11.7 Å². The number of nitrogens with one attached hydrogen (secondary N) is 1. The second kappa shape index (κ2) is 6.00. The minimum atomic E-state index is -0.590. The first-order valence-corrected chi connectivity index (χ1v) is 6.99. The van der Waals surface area contributed by atoms with Crippen LogP contribution in [-0.2, 0) is 0 Å². The highest BCUT2D eigenvalue weighted by molar-refractivity contribution is 6.04. The van der Waals surface area contributed by atoms with Crippen molar-refractivity contribution < 1.29 is 13.7 Å². The molecule has 0 aliphatic heterocycles. The topological polar surface area (TPSA) is 68.0 Å². The summed E-state index contributed by atoms with van der Waals surface area (Å²) in [6.45, 7) is 3.68. The van der Waals surface area contributed by atoms with Gasteiger partial charge in [0.1, 0.15) is 12.1 Å². The van der Waals surface area contributed by atoms with Crippen LogP contribution in [0.1, 0.15) is 21.6 Å². The summed E-state index contributed by atoms with van der Waals surface area (Å²) in [4.78, 5) is 16.5. The van der Waals surface area contributed by atoms with Gasteiger partial charge in [0.05, 0.1) is 5.56 Å². The lowest BCUT2D eigenvalue weighted by Crippen LogP contribution is -2.14. The van der Waals surface area contributed by atoms with Crippen molar-refractivity contribution in [1.29, 1.82) is 0 Å². The van der Waals surface area contributed by atoms with Crippen molar-refractivity contribution in [3.8, 4) is 11.1 Å². The van der Waals surface area contributed by atoms with E-state index in [2.05, 4.69) is 20.0 Å². The number of carbonyl (C=O) groups is 1. The van der Waals surface area contributed by atoms with Gasteiger partial charge >= 0.3 is 0 Å². The van der Waals surface area contributed by atoms with Crippen molar-refractivity contribution in [2.45, 2.75) is 13.8 Å². The molecule has 6 heteroatoms. The van der Waals surface area contributed by atoms with Gasteiger partial charge < -0.3 is 9.84 Å². The number of amides is 1. The van der Waals surface area contributed by atoms with Gasteiger partial charge in [-0.1, -0.05) is 11.2 Å². The number of nitrogens with zero attached hydrogens (tertiary/aromatic N) is 2. The fraction of sp³-hybridized carbons (Fsp3) is 0.118. The van der Waals surface area contributed by atoms with Gasteiger partial charge in [0, 0.05) is 23.5 Å². The molecule has 1 aromatic carbocycles. The van der Waals surface area contributed by atoms with Gasteiger partial charge in [-0.25, -0.2) is 4.39 Å². The van der Waals surface area contributed by atoms with E-state index in [1.807, 2.05) is 19.1 Å². The SMILES string of the molecule is Cc1ccc(-c2cc(C(=O)Nc3ccon3)c(F)cc2C)cn1. The van der Waals surface area contributed by atoms with Gasteiger partial charge in [0.15, 0.2) is 5.82 Å². The molecular formula is C17H14FN3O2. The van der Waals surface area contributed by atoms with Crippen LogP contribution in [0.5, 0.6) is 0 Å². The van der Waals surface area contributed by atoms with Crippen molar-refractivity contribution in [3.05, 3.63) is 65.4 Å².